The molecule has 11 heavy (non-hydrogen) atoms. The first-order valence-electron chi connectivity index (χ1n) is 3.51. The van der Waals surface area contributed by atoms with E-state index in [0.29, 0.717) is 5.30 Å². The van der Waals surface area contributed by atoms with Gasteiger partial charge in [-0.15, -0.1) is 0 Å². The minimum atomic E-state index is -1.92. The van der Waals surface area contributed by atoms with E-state index in [0.717, 1.165) is 12.0 Å². The molecule has 0 fully saturated rings. The number of benzene rings is 1. The maximum Gasteiger partial charge on any atom is 0.199 e. The Labute approximate surface area is 67.4 Å². The monoisotopic (exact) mass is 170 g/mol. The van der Waals surface area contributed by atoms with Gasteiger partial charge in [0.1, 0.15) is 0 Å². The predicted octanol–water partition coefficient (Wildman–Crippen LogP) is 1.17. The van der Waals surface area contributed by atoms with Crippen LogP contribution in [0.15, 0.2) is 24.3 Å². The smallest absolute Gasteiger partial charge is 0.199 e. The van der Waals surface area contributed by atoms with Crippen molar-refractivity contribution < 1.29 is 9.79 Å². The zero-order chi connectivity index (χ0) is 8.27. The lowest BCUT2D eigenvalue weighted by atomic mass is 10.2. The fraction of sp³-hybridized carbons (Fsp3) is 0.250. The Kier molecular flexibility index (Phi) is 3.01. The summed E-state index contributed by atoms with van der Waals surface area (Å²) in [5, 5.41) is 0.671. The Morgan fingerprint density at radius 1 is 1.27 bits per heavy atom. The van der Waals surface area contributed by atoms with Gasteiger partial charge in [0.15, 0.2) is 8.38 Å². The summed E-state index contributed by atoms with van der Waals surface area (Å²) in [6, 6.07) is 7.39. The van der Waals surface area contributed by atoms with Crippen LogP contribution in [0.2, 0.25) is 0 Å². The van der Waals surface area contributed by atoms with E-state index in [1.807, 2.05) is 25.1 Å². The fourth-order valence-electron chi connectivity index (χ4n) is 1.00. The lowest BCUT2D eigenvalue weighted by Gasteiger charge is -2.06. The maximum atomic E-state index is 8.96. The van der Waals surface area contributed by atoms with Crippen molar-refractivity contribution in [3.05, 3.63) is 29.8 Å². The van der Waals surface area contributed by atoms with E-state index in [-0.39, 0.29) is 0 Å². The van der Waals surface area contributed by atoms with Crippen molar-refractivity contribution >= 4 is 13.7 Å². The highest BCUT2D eigenvalue weighted by atomic mass is 31.2. The van der Waals surface area contributed by atoms with E-state index in [2.05, 4.69) is 0 Å². The van der Waals surface area contributed by atoms with Crippen molar-refractivity contribution in [2.75, 3.05) is 0 Å². The van der Waals surface area contributed by atoms with Crippen LogP contribution in [0.1, 0.15) is 12.5 Å². The molecule has 1 aromatic carbocycles. The molecule has 2 N–H and O–H groups in total. The van der Waals surface area contributed by atoms with E-state index in [1.165, 1.54) is 0 Å². The Hall–Kier alpha value is -0.430. The van der Waals surface area contributed by atoms with Crippen LogP contribution in [0.5, 0.6) is 0 Å². The van der Waals surface area contributed by atoms with Crippen molar-refractivity contribution in [2.24, 2.45) is 0 Å². The summed E-state index contributed by atoms with van der Waals surface area (Å²) in [6.45, 7) is 2.00. The molecule has 0 heterocycles. The van der Waals surface area contributed by atoms with Gasteiger partial charge in [-0.05, 0) is 18.1 Å². The average molecular weight is 170 g/mol. The Bertz CT molecular complexity index is 235. The second kappa shape index (κ2) is 3.82. The van der Waals surface area contributed by atoms with Crippen molar-refractivity contribution in [1.82, 2.24) is 0 Å². The normalized spacial score (nSPS) is 10.5. The zero-order valence-electron chi connectivity index (χ0n) is 6.36. The summed E-state index contributed by atoms with van der Waals surface area (Å²) < 4.78 is 0. The molecule has 1 aromatic rings. The number of aryl methyl sites for hydroxylation is 1. The molecular formula is C8H11O2P. The van der Waals surface area contributed by atoms with Crippen LogP contribution in [0.3, 0.4) is 0 Å². The predicted molar refractivity (Wildman–Crippen MR) is 46.8 cm³/mol. The van der Waals surface area contributed by atoms with Crippen molar-refractivity contribution in [3.63, 3.8) is 0 Å². The van der Waals surface area contributed by atoms with Gasteiger partial charge in [0.25, 0.3) is 0 Å². The van der Waals surface area contributed by atoms with Gasteiger partial charge in [-0.2, -0.15) is 0 Å². The van der Waals surface area contributed by atoms with Gasteiger partial charge < -0.3 is 9.79 Å². The number of rotatable bonds is 2. The van der Waals surface area contributed by atoms with Crippen LogP contribution in [-0.4, -0.2) is 9.79 Å². The van der Waals surface area contributed by atoms with E-state index in [1.54, 1.807) is 6.07 Å². The van der Waals surface area contributed by atoms with Crippen LogP contribution in [0.4, 0.5) is 0 Å². The second-order valence-electron chi connectivity index (χ2n) is 2.27. The highest BCUT2D eigenvalue weighted by Gasteiger charge is 2.06. The highest BCUT2D eigenvalue weighted by Crippen LogP contribution is 2.23. The molecule has 0 bridgehead atoms. The fourth-order valence-corrected chi connectivity index (χ4v) is 1.71. The van der Waals surface area contributed by atoms with Crippen LogP contribution >= 0.6 is 8.38 Å². The number of hydrogen-bond donors (Lipinski definition) is 2. The number of hydrogen-bond acceptors (Lipinski definition) is 2. The highest BCUT2D eigenvalue weighted by molar-refractivity contribution is 7.54. The first-order chi connectivity index (χ1) is 5.25. The summed E-state index contributed by atoms with van der Waals surface area (Å²) in [5.74, 6) is 0. The maximum absolute atomic E-state index is 8.96. The molecule has 1 rings (SSSR count). The molecule has 2 nitrogen and oxygen atoms in total. The minimum absolute atomic E-state index is 0.671. The van der Waals surface area contributed by atoms with Gasteiger partial charge in [-0.25, -0.2) is 0 Å². The van der Waals surface area contributed by atoms with Crippen molar-refractivity contribution in [3.8, 4) is 0 Å². The first-order valence-corrected chi connectivity index (χ1v) is 4.76. The molecule has 0 saturated carbocycles. The second-order valence-corrected chi connectivity index (χ2v) is 3.33. The van der Waals surface area contributed by atoms with E-state index in [4.69, 9.17) is 9.79 Å². The molecular weight excluding hydrogens is 159 g/mol. The van der Waals surface area contributed by atoms with Crippen molar-refractivity contribution in [1.29, 1.82) is 0 Å². The largest absolute Gasteiger partial charge is 0.347 e. The topological polar surface area (TPSA) is 40.5 Å². The summed E-state index contributed by atoms with van der Waals surface area (Å²) in [7, 11) is -1.92. The Balaban J connectivity index is 3.02. The Morgan fingerprint density at radius 3 is 2.36 bits per heavy atom. The van der Waals surface area contributed by atoms with E-state index < -0.39 is 8.38 Å². The van der Waals surface area contributed by atoms with Gasteiger partial charge in [0.2, 0.25) is 0 Å². The third kappa shape index (κ3) is 2.00. The summed E-state index contributed by atoms with van der Waals surface area (Å²) in [4.78, 5) is 17.9. The average Bonchev–Trinajstić information content (AvgIpc) is 2.04. The van der Waals surface area contributed by atoms with Gasteiger partial charge in [0, 0.05) is 5.30 Å². The van der Waals surface area contributed by atoms with Crippen LogP contribution in [0, 0.1) is 0 Å². The lowest BCUT2D eigenvalue weighted by Crippen LogP contribution is -2.06. The molecule has 0 amide bonds. The summed E-state index contributed by atoms with van der Waals surface area (Å²) >= 11 is 0. The SMILES string of the molecule is CCc1ccccc1P(O)O. The summed E-state index contributed by atoms with van der Waals surface area (Å²) in [6.07, 6.45) is 0.843. The van der Waals surface area contributed by atoms with Crippen LogP contribution in [0.25, 0.3) is 0 Å². The third-order valence-corrected chi connectivity index (χ3v) is 2.46. The van der Waals surface area contributed by atoms with Crippen LogP contribution in [-0.2, 0) is 6.42 Å². The molecule has 0 spiro atoms. The standard InChI is InChI=1S/C8H11O2P/c1-2-7-5-3-4-6-8(7)11(9)10/h3-6,9-10H,2H2,1H3. The molecule has 3 heteroatoms. The summed E-state index contributed by atoms with van der Waals surface area (Å²) in [5.41, 5.74) is 1.02. The zero-order valence-corrected chi connectivity index (χ0v) is 7.25. The quantitative estimate of drug-likeness (QED) is 0.654. The van der Waals surface area contributed by atoms with E-state index >= 15 is 0 Å². The Morgan fingerprint density at radius 2 is 1.91 bits per heavy atom. The minimum Gasteiger partial charge on any atom is -0.347 e. The van der Waals surface area contributed by atoms with E-state index in [9.17, 15) is 0 Å². The lowest BCUT2D eigenvalue weighted by molar-refractivity contribution is 0.496. The van der Waals surface area contributed by atoms with Gasteiger partial charge in [-0.3, -0.25) is 0 Å². The van der Waals surface area contributed by atoms with Gasteiger partial charge in [0.05, 0.1) is 0 Å². The van der Waals surface area contributed by atoms with Gasteiger partial charge >= 0.3 is 0 Å². The molecule has 0 aliphatic rings. The molecule has 0 aliphatic carbocycles. The van der Waals surface area contributed by atoms with Crippen LogP contribution < -0.4 is 5.30 Å². The first kappa shape index (κ1) is 8.66. The van der Waals surface area contributed by atoms with Crippen molar-refractivity contribution in [2.45, 2.75) is 13.3 Å². The molecule has 0 saturated heterocycles. The molecule has 0 atom stereocenters. The third-order valence-electron chi connectivity index (χ3n) is 1.59. The molecule has 0 aromatic heterocycles. The molecule has 60 valence electrons. The molecule has 0 radical (unpaired) electrons. The molecule has 0 aliphatic heterocycles. The van der Waals surface area contributed by atoms with Gasteiger partial charge in [-0.1, -0.05) is 25.1 Å². The molecule has 0 unspecified atom stereocenters.